The summed E-state index contributed by atoms with van der Waals surface area (Å²) in [6.45, 7) is 3.90. The Morgan fingerprint density at radius 3 is 2.86 bits per heavy atom. The zero-order chi connectivity index (χ0) is 19.9. The highest BCUT2D eigenvalue weighted by atomic mass is 19.1. The van der Waals surface area contributed by atoms with Gasteiger partial charge < -0.3 is 15.1 Å². The summed E-state index contributed by atoms with van der Waals surface area (Å²) in [5.74, 6) is 0.0241. The number of aromatic nitrogens is 2. The van der Waals surface area contributed by atoms with E-state index in [0.29, 0.717) is 33.8 Å². The Bertz CT molecular complexity index is 1130. The van der Waals surface area contributed by atoms with Crippen LogP contribution in [0.15, 0.2) is 28.9 Å². The van der Waals surface area contributed by atoms with Gasteiger partial charge in [0.25, 0.3) is 5.91 Å². The normalized spacial score (nSPS) is 14.5. The van der Waals surface area contributed by atoms with Gasteiger partial charge in [0.05, 0.1) is 16.5 Å². The molecular formula is C20H18FN5O2. The van der Waals surface area contributed by atoms with Gasteiger partial charge in [-0.25, -0.2) is 14.4 Å². The Morgan fingerprint density at radius 1 is 1.39 bits per heavy atom. The van der Waals surface area contributed by atoms with Crippen molar-refractivity contribution in [2.75, 3.05) is 5.32 Å². The largest absolute Gasteiger partial charge is 0.442 e. The summed E-state index contributed by atoms with van der Waals surface area (Å²) in [7, 11) is 0. The lowest BCUT2D eigenvalue weighted by Crippen LogP contribution is -2.24. The molecule has 2 heterocycles. The maximum absolute atomic E-state index is 13.8. The number of hydrogen-bond donors (Lipinski definition) is 2. The van der Waals surface area contributed by atoms with E-state index in [1.54, 1.807) is 19.1 Å². The van der Waals surface area contributed by atoms with Crippen molar-refractivity contribution in [2.45, 2.75) is 38.8 Å². The van der Waals surface area contributed by atoms with Crippen molar-refractivity contribution < 1.29 is 13.6 Å². The molecule has 0 radical (unpaired) electrons. The van der Waals surface area contributed by atoms with E-state index in [4.69, 9.17) is 9.68 Å². The summed E-state index contributed by atoms with van der Waals surface area (Å²) < 4.78 is 19.4. The van der Waals surface area contributed by atoms with E-state index in [2.05, 4.69) is 27.5 Å². The molecule has 2 aromatic heterocycles. The highest BCUT2D eigenvalue weighted by Crippen LogP contribution is 2.40. The van der Waals surface area contributed by atoms with E-state index in [0.717, 1.165) is 12.8 Å². The number of nitrogens with one attached hydrogen (secondary N) is 2. The minimum absolute atomic E-state index is 0.0276. The van der Waals surface area contributed by atoms with Gasteiger partial charge in [-0.2, -0.15) is 5.26 Å². The molecular weight excluding hydrogens is 361 g/mol. The number of nitriles is 1. The van der Waals surface area contributed by atoms with Gasteiger partial charge in [0.15, 0.2) is 0 Å². The highest BCUT2D eigenvalue weighted by molar-refractivity contribution is 6.10. The zero-order valence-corrected chi connectivity index (χ0v) is 15.5. The van der Waals surface area contributed by atoms with Gasteiger partial charge in [0.1, 0.15) is 29.8 Å². The lowest BCUT2D eigenvalue weighted by molar-refractivity contribution is 0.0950. The fraction of sp³-hybridized carbons (Fsp3) is 0.300. The molecule has 3 aromatic rings. The second kappa shape index (κ2) is 6.60. The molecule has 0 spiro atoms. The number of hydrogen-bond acceptors (Lipinski definition) is 6. The molecule has 28 heavy (non-hydrogen) atoms. The van der Waals surface area contributed by atoms with E-state index >= 15 is 0 Å². The maximum Gasteiger partial charge on any atom is 0.255 e. The molecule has 2 N–H and O–H groups in total. The molecule has 142 valence electrons. The van der Waals surface area contributed by atoms with Crippen LogP contribution in [0.1, 0.15) is 47.0 Å². The van der Waals surface area contributed by atoms with Crippen molar-refractivity contribution in [2.24, 2.45) is 0 Å². The molecule has 0 bridgehead atoms. The summed E-state index contributed by atoms with van der Waals surface area (Å²) in [6, 6.07) is 6.00. The lowest BCUT2D eigenvalue weighted by Gasteiger charge is -2.13. The first-order valence-electron chi connectivity index (χ1n) is 8.89. The van der Waals surface area contributed by atoms with Gasteiger partial charge in [-0.3, -0.25) is 4.79 Å². The number of carbonyl (C=O) groups excluding carboxylic acids is 1. The quantitative estimate of drug-likeness (QED) is 0.704. The van der Waals surface area contributed by atoms with Crippen LogP contribution >= 0.6 is 0 Å². The topological polar surface area (TPSA) is 104 Å². The van der Waals surface area contributed by atoms with Crippen molar-refractivity contribution in [3.63, 3.8) is 0 Å². The first-order valence-corrected chi connectivity index (χ1v) is 8.89. The number of halogens is 1. The number of rotatable bonds is 5. The summed E-state index contributed by atoms with van der Waals surface area (Å²) >= 11 is 0. The van der Waals surface area contributed by atoms with Gasteiger partial charge in [0.2, 0.25) is 5.71 Å². The molecule has 0 saturated heterocycles. The zero-order valence-electron chi connectivity index (χ0n) is 15.5. The Kier molecular flexibility index (Phi) is 4.23. The van der Waals surface area contributed by atoms with Crippen LogP contribution < -0.4 is 10.6 Å². The molecule has 1 amide bonds. The van der Waals surface area contributed by atoms with Crippen molar-refractivity contribution in [1.82, 2.24) is 15.3 Å². The number of carbonyl (C=O) groups is 1. The summed E-state index contributed by atoms with van der Waals surface area (Å²) in [5.41, 5.74) is 1.19. The fourth-order valence-electron chi connectivity index (χ4n) is 3.04. The van der Waals surface area contributed by atoms with Gasteiger partial charge in [-0.1, -0.05) is 6.07 Å². The summed E-state index contributed by atoms with van der Waals surface area (Å²) in [4.78, 5) is 21.3. The molecule has 4 rings (SSSR count). The van der Waals surface area contributed by atoms with Crippen LogP contribution in [0.4, 0.5) is 10.2 Å². The van der Waals surface area contributed by atoms with E-state index < -0.39 is 5.82 Å². The molecule has 1 aliphatic carbocycles. The maximum atomic E-state index is 13.8. The number of aryl methyl sites for hydroxylation is 1. The second-order valence-corrected chi connectivity index (χ2v) is 7.23. The van der Waals surface area contributed by atoms with Crippen LogP contribution in [0.2, 0.25) is 0 Å². The lowest BCUT2D eigenvalue weighted by atomic mass is 10.1. The number of amides is 1. The molecule has 0 atom stereocenters. The van der Waals surface area contributed by atoms with Crippen LogP contribution in [0.3, 0.4) is 0 Å². The van der Waals surface area contributed by atoms with Crippen LogP contribution in [-0.4, -0.2) is 21.4 Å². The predicted molar refractivity (Wildman–Crippen MR) is 100 cm³/mol. The third kappa shape index (κ3) is 3.27. The summed E-state index contributed by atoms with van der Waals surface area (Å²) in [6.07, 6.45) is 3.46. The van der Waals surface area contributed by atoms with Gasteiger partial charge >= 0.3 is 0 Å². The van der Waals surface area contributed by atoms with Gasteiger partial charge in [-0.15, -0.1) is 0 Å². The number of benzene rings is 1. The number of nitrogens with zero attached hydrogens (tertiary/aromatic N) is 3. The summed E-state index contributed by atoms with van der Waals surface area (Å²) in [5, 5.41) is 15.5. The smallest absolute Gasteiger partial charge is 0.255 e. The average molecular weight is 379 g/mol. The first kappa shape index (κ1) is 17.9. The molecule has 7 nitrogen and oxygen atoms in total. The predicted octanol–water partition coefficient (Wildman–Crippen LogP) is 3.44. The number of fused-ring (bicyclic) bond motifs is 1. The van der Waals surface area contributed by atoms with E-state index in [1.807, 2.05) is 0 Å². The number of anilines is 1. The average Bonchev–Trinajstić information content (AvgIpc) is 3.28. The Balaban J connectivity index is 1.61. The molecule has 0 unspecified atom stereocenters. The van der Waals surface area contributed by atoms with Crippen LogP contribution in [0.25, 0.3) is 11.1 Å². The van der Waals surface area contributed by atoms with Gasteiger partial charge in [-0.05, 0) is 44.4 Å². The first-order chi connectivity index (χ1) is 13.4. The third-order valence-corrected chi connectivity index (χ3v) is 4.92. The minimum Gasteiger partial charge on any atom is -0.442 e. The molecule has 8 heteroatoms. The SMILES string of the molecule is Cc1oc2ncnc(NC3(C)CC3)c2c1C(=O)NCc1ccc(C#N)c(F)c1. The standard InChI is InChI=1S/C20H18FN5O2/c1-11-15(18(27)23-9-12-3-4-13(8-22)14(21)7-12)16-17(26-20(2)5-6-20)24-10-25-19(16)28-11/h3-4,7,10H,5-6,9H2,1-2H3,(H,23,27)(H,24,25,26). The minimum atomic E-state index is -0.614. The van der Waals surface area contributed by atoms with E-state index in [1.165, 1.54) is 18.5 Å². The van der Waals surface area contributed by atoms with Gasteiger partial charge in [0, 0.05) is 12.1 Å². The molecule has 1 aromatic carbocycles. The molecule has 1 aliphatic rings. The van der Waals surface area contributed by atoms with Crippen molar-refractivity contribution >= 4 is 22.8 Å². The van der Waals surface area contributed by atoms with E-state index in [-0.39, 0.29) is 23.6 Å². The second-order valence-electron chi connectivity index (χ2n) is 7.23. The van der Waals surface area contributed by atoms with Crippen LogP contribution in [-0.2, 0) is 6.54 Å². The molecule has 1 saturated carbocycles. The molecule has 1 fully saturated rings. The van der Waals surface area contributed by atoms with Crippen molar-refractivity contribution in [1.29, 1.82) is 5.26 Å². The monoisotopic (exact) mass is 379 g/mol. The van der Waals surface area contributed by atoms with E-state index in [9.17, 15) is 9.18 Å². The molecule has 0 aliphatic heterocycles. The Labute approximate surface area is 160 Å². The van der Waals surface area contributed by atoms with Crippen molar-refractivity contribution in [3.8, 4) is 6.07 Å². The van der Waals surface area contributed by atoms with Crippen molar-refractivity contribution in [3.05, 3.63) is 52.8 Å². The fourth-order valence-corrected chi connectivity index (χ4v) is 3.04. The Hall–Kier alpha value is -3.47. The third-order valence-electron chi connectivity index (χ3n) is 4.92. The highest BCUT2D eigenvalue weighted by Gasteiger charge is 2.38. The van der Waals surface area contributed by atoms with Crippen LogP contribution in [0, 0.1) is 24.1 Å². The van der Waals surface area contributed by atoms with Crippen LogP contribution in [0.5, 0.6) is 0 Å². The number of furan rings is 1. The Morgan fingerprint density at radius 2 is 2.18 bits per heavy atom.